The molecule has 2 heterocycles. The van der Waals surface area contributed by atoms with Crippen LogP contribution in [-0.4, -0.2) is 32.7 Å². The second-order valence-electron chi connectivity index (χ2n) is 7.66. The molecular weight excluding hydrogens is 374 g/mol. The van der Waals surface area contributed by atoms with Gasteiger partial charge in [0, 0.05) is 11.3 Å². The molecule has 4 rings (SSSR count). The first-order valence-corrected chi connectivity index (χ1v) is 10.2. The summed E-state index contributed by atoms with van der Waals surface area (Å²) < 4.78 is 7.63. The van der Waals surface area contributed by atoms with Crippen LogP contribution >= 0.6 is 0 Å². The van der Waals surface area contributed by atoms with Gasteiger partial charge in [0.1, 0.15) is 24.5 Å². The van der Waals surface area contributed by atoms with Gasteiger partial charge in [0.2, 0.25) is 0 Å². The van der Waals surface area contributed by atoms with Gasteiger partial charge in [-0.1, -0.05) is 30.3 Å². The highest BCUT2D eigenvalue weighted by molar-refractivity contribution is 5.51. The van der Waals surface area contributed by atoms with Crippen LogP contribution in [0.25, 0.3) is 5.78 Å². The molecule has 0 bridgehead atoms. The molecule has 1 N–H and O–H groups in total. The van der Waals surface area contributed by atoms with Crippen molar-refractivity contribution < 1.29 is 4.74 Å². The lowest BCUT2D eigenvalue weighted by molar-refractivity contribution is 0.332. The maximum absolute atomic E-state index is 5.91. The predicted octanol–water partition coefficient (Wildman–Crippen LogP) is 4.44. The zero-order valence-electron chi connectivity index (χ0n) is 17.9. The Morgan fingerprint density at radius 3 is 2.47 bits per heavy atom. The van der Waals surface area contributed by atoms with Gasteiger partial charge in [0.25, 0.3) is 5.78 Å². The Labute approximate surface area is 177 Å². The maximum Gasteiger partial charge on any atom is 0.254 e. The van der Waals surface area contributed by atoms with Crippen LogP contribution < -0.4 is 10.1 Å². The second kappa shape index (κ2) is 8.53. The lowest BCUT2D eigenvalue weighted by Crippen LogP contribution is -2.16. The highest BCUT2D eigenvalue weighted by Gasteiger charge is 2.10. The fourth-order valence-corrected chi connectivity index (χ4v) is 3.43. The predicted molar refractivity (Wildman–Crippen MR) is 119 cm³/mol. The minimum atomic E-state index is 0.549. The smallest absolute Gasteiger partial charge is 0.254 e. The van der Waals surface area contributed by atoms with Crippen molar-refractivity contribution in [2.24, 2.45) is 0 Å². The van der Waals surface area contributed by atoms with Crippen LogP contribution in [0.15, 0.2) is 48.8 Å². The summed E-state index contributed by atoms with van der Waals surface area (Å²) in [4.78, 5) is 8.61. The third kappa shape index (κ3) is 4.27. The molecule has 6 heteroatoms. The summed E-state index contributed by atoms with van der Waals surface area (Å²) in [5.74, 6) is 2.37. The van der Waals surface area contributed by atoms with Crippen LogP contribution in [0.5, 0.6) is 5.75 Å². The number of fused-ring (bicyclic) bond motifs is 1. The molecular formula is C24H27N5O. The van der Waals surface area contributed by atoms with Crippen molar-refractivity contribution in [1.82, 2.24) is 19.6 Å². The van der Waals surface area contributed by atoms with Gasteiger partial charge in [0.15, 0.2) is 0 Å². The van der Waals surface area contributed by atoms with Crippen LogP contribution in [0.1, 0.15) is 33.5 Å². The van der Waals surface area contributed by atoms with Crippen LogP contribution in [0, 0.1) is 27.7 Å². The van der Waals surface area contributed by atoms with Crippen molar-refractivity contribution in [1.29, 1.82) is 0 Å². The molecule has 154 valence electrons. The number of aromatic nitrogens is 4. The summed E-state index contributed by atoms with van der Waals surface area (Å²) in [6.07, 6.45) is 2.44. The third-order valence-electron chi connectivity index (χ3n) is 5.47. The van der Waals surface area contributed by atoms with Gasteiger partial charge in [-0.25, -0.2) is 4.98 Å². The van der Waals surface area contributed by atoms with Crippen LogP contribution in [0.3, 0.4) is 0 Å². The van der Waals surface area contributed by atoms with Crippen molar-refractivity contribution in [3.05, 3.63) is 82.3 Å². The molecule has 2 aromatic heterocycles. The largest absolute Gasteiger partial charge is 0.492 e. The first-order valence-electron chi connectivity index (χ1n) is 10.2. The minimum absolute atomic E-state index is 0.549. The molecule has 0 aliphatic rings. The standard InChI is InChI=1S/C24H27N5O/c1-16-5-6-21(13-17(16)2)14-20-7-9-22(10-8-20)30-12-11-25-23-18(3)19(4)28-24-26-15-27-29(23)24/h5-10,13,15,25H,11-12,14H2,1-4H3. The molecule has 0 radical (unpaired) electrons. The first-order chi connectivity index (χ1) is 14.5. The molecule has 0 saturated carbocycles. The molecule has 0 unspecified atom stereocenters. The summed E-state index contributed by atoms with van der Waals surface area (Å²) in [5.41, 5.74) is 7.28. The summed E-state index contributed by atoms with van der Waals surface area (Å²) in [7, 11) is 0. The van der Waals surface area contributed by atoms with E-state index in [4.69, 9.17) is 4.74 Å². The van der Waals surface area contributed by atoms with E-state index in [9.17, 15) is 0 Å². The average Bonchev–Trinajstić information content (AvgIpc) is 3.19. The van der Waals surface area contributed by atoms with Crippen LogP contribution in [0.2, 0.25) is 0 Å². The van der Waals surface area contributed by atoms with E-state index in [0.29, 0.717) is 18.9 Å². The molecule has 30 heavy (non-hydrogen) atoms. The highest BCUT2D eigenvalue weighted by Crippen LogP contribution is 2.19. The summed E-state index contributed by atoms with van der Waals surface area (Å²) in [6.45, 7) is 9.52. The summed E-state index contributed by atoms with van der Waals surface area (Å²) >= 11 is 0. The van der Waals surface area contributed by atoms with Crippen LogP contribution in [0.4, 0.5) is 5.82 Å². The highest BCUT2D eigenvalue weighted by atomic mass is 16.5. The number of hydrogen-bond acceptors (Lipinski definition) is 5. The van der Waals surface area contributed by atoms with Gasteiger partial charge < -0.3 is 10.1 Å². The number of ether oxygens (including phenoxy) is 1. The monoisotopic (exact) mass is 401 g/mol. The Morgan fingerprint density at radius 1 is 0.933 bits per heavy atom. The van der Waals surface area contributed by atoms with E-state index in [-0.39, 0.29) is 0 Å². The number of benzene rings is 2. The number of rotatable bonds is 7. The second-order valence-corrected chi connectivity index (χ2v) is 7.66. The molecule has 0 fully saturated rings. The van der Waals surface area contributed by atoms with E-state index in [2.05, 4.69) is 64.6 Å². The van der Waals surface area contributed by atoms with Gasteiger partial charge in [-0.05, 0) is 68.5 Å². The van der Waals surface area contributed by atoms with Gasteiger partial charge in [-0.3, -0.25) is 0 Å². The molecule has 2 aromatic carbocycles. The first kappa shape index (κ1) is 19.9. The Bertz CT molecular complexity index is 1160. The van der Waals surface area contributed by atoms with E-state index in [0.717, 1.165) is 29.2 Å². The van der Waals surface area contributed by atoms with Gasteiger partial charge >= 0.3 is 0 Å². The molecule has 0 aliphatic heterocycles. The average molecular weight is 402 g/mol. The van der Waals surface area contributed by atoms with Crippen LogP contribution in [-0.2, 0) is 6.42 Å². The molecule has 6 nitrogen and oxygen atoms in total. The van der Waals surface area contributed by atoms with E-state index in [1.54, 1.807) is 4.52 Å². The molecule has 4 aromatic rings. The van der Waals surface area contributed by atoms with Gasteiger partial charge in [-0.15, -0.1) is 0 Å². The number of nitrogens with zero attached hydrogens (tertiary/aromatic N) is 4. The molecule has 0 amide bonds. The van der Waals surface area contributed by atoms with E-state index in [1.807, 2.05) is 26.0 Å². The fourth-order valence-electron chi connectivity index (χ4n) is 3.43. The minimum Gasteiger partial charge on any atom is -0.492 e. The normalized spacial score (nSPS) is 11.1. The zero-order valence-corrected chi connectivity index (χ0v) is 17.9. The Morgan fingerprint density at radius 2 is 1.70 bits per heavy atom. The quantitative estimate of drug-likeness (QED) is 0.464. The Kier molecular flexibility index (Phi) is 5.65. The van der Waals surface area contributed by atoms with Gasteiger partial charge in [-0.2, -0.15) is 14.6 Å². The SMILES string of the molecule is Cc1ccc(Cc2ccc(OCCNc3c(C)c(C)nc4ncnn34)cc2)cc1C. The molecule has 0 aliphatic carbocycles. The van der Waals surface area contributed by atoms with Crippen molar-refractivity contribution in [3.8, 4) is 5.75 Å². The number of nitrogens with one attached hydrogen (secondary N) is 1. The molecule has 0 atom stereocenters. The summed E-state index contributed by atoms with van der Waals surface area (Å²) in [6, 6.07) is 15.0. The lowest BCUT2D eigenvalue weighted by atomic mass is 10.0. The number of aryl methyl sites for hydroxylation is 3. The van der Waals surface area contributed by atoms with Crippen molar-refractivity contribution >= 4 is 11.6 Å². The topological polar surface area (TPSA) is 64.3 Å². The van der Waals surface area contributed by atoms with Crippen molar-refractivity contribution in [2.45, 2.75) is 34.1 Å². The fraction of sp³-hybridized carbons (Fsp3) is 0.292. The lowest BCUT2D eigenvalue weighted by Gasteiger charge is -2.13. The van der Waals surface area contributed by atoms with Crippen molar-refractivity contribution in [3.63, 3.8) is 0 Å². The van der Waals surface area contributed by atoms with Gasteiger partial charge in [0.05, 0.1) is 6.54 Å². The Balaban J connectivity index is 1.32. The van der Waals surface area contributed by atoms with E-state index in [1.165, 1.54) is 28.6 Å². The summed E-state index contributed by atoms with van der Waals surface area (Å²) in [5, 5.41) is 7.65. The number of anilines is 1. The maximum atomic E-state index is 5.91. The van der Waals surface area contributed by atoms with Crippen molar-refractivity contribution in [2.75, 3.05) is 18.5 Å². The molecule has 0 saturated heterocycles. The van der Waals surface area contributed by atoms with E-state index >= 15 is 0 Å². The molecule has 0 spiro atoms. The third-order valence-corrected chi connectivity index (χ3v) is 5.47. The number of hydrogen-bond donors (Lipinski definition) is 1. The zero-order chi connectivity index (χ0) is 21.1. The Hall–Kier alpha value is -3.41. The van der Waals surface area contributed by atoms with E-state index < -0.39 is 0 Å².